The highest BCUT2D eigenvalue weighted by atomic mass is 16.5. The van der Waals surface area contributed by atoms with Gasteiger partial charge in [0.1, 0.15) is 5.75 Å². The number of benzene rings is 1. The van der Waals surface area contributed by atoms with E-state index in [2.05, 4.69) is 9.97 Å². The van der Waals surface area contributed by atoms with Crippen LogP contribution in [0.15, 0.2) is 35.1 Å². The first kappa shape index (κ1) is 10.1. The van der Waals surface area contributed by atoms with Crippen molar-refractivity contribution in [1.29, 1.82) is 0 Å². The minimum Gasteiger partial charge on any atom is -0.482 e. The predicted octanol–water partition coefficient (Wildman–Crippen LogP) is 1.75. The van der Waals surface area contributed by atoms with E-state index < -0.39 is 0 Å². The van der Waals surface area contributed by atoms with Gasteiger partial charge in [-0.2, -0.15) is 0 Å². The van der Waals surface area contributed by atoms with Crippen LogP contribution in [0.5, 0.6) is 5.75 Å². The van der Waals surface area contributed by atoms with Crippen molar-refractivity contribution in [2.45, 2.75) is 19.4 Å². The Morgan fingerprint density at radius 3 is 3.00 bits per heavy atom. The highest BCUT2D eigenvalue weighted by molar-refractivity contribution is 5.38. The zero-order chi connectivity index (χ0) is 11.8. The number of H-pyrrole nitrogens is 1. The third-order valence-corrected chi connectivity index (χ3v) is 2.84. The topological polar surface area (TPSA) is 55.0 Å². The Bertz CT molecular complexity index is 594. The Kier molecular flexibility index (Phi) is 2.21. The molecule has 1 aliphatic rings. The van der Waals surface area contributed by atoms with Crippen LogP contribution in [-0.2, 0) is 6.42 Å². The SMILES string of the molecule is Cc1cc(=O)[nH]c(C2Cc3ccccc3O2)n1. The van der Waals surface area contributed by atoms with Gasteiger partial charge in [0.25, 0.3) is 5.56 Å². The number of aromatic nitrogens is 2. The average Bonchev–Trinajstić information content (AvgIpc) is 2.71. The summed E-state index contributed by atoms with van der Waals surface area (Å²) in [4.78, 5) is 18.4. The maximum Gasteiger partial charge on any atom is 0.251 e. The van der Waals surface area contributed by atoms with Gasteiger partial charge in [-0.1, -0.05) is 18.2 Å². The molecule has 0 saturated carbocycles. The fourth-order valence-corrected chi connectivity index (χ4v) is 2.09. The van der Waals surface area contributed by atoms with Gasteiger partial charge in [-0.05, 0) is 18.6 Å². The van der Waals surface area contributed by atoms with Crippen molar-refractivity contribution in [2.75, 3.05) is 0 Å². The van der Waals surface area contributed by atoms with Crippen LogP contribution in [0.2, 0.25) is 0 Å². The number of aryl methyl sites for hydroxylation is 1. The lowest BCUT2D eigenvalue weighted by molar-refractivity contribution is 0.227. The van der Waals surface area contributed by atoms with Crippen LogP contribution in [0.25, 0.3) is 0 Å². The molecular weight excluding hydrogens is 216 g/mol. The summed E-state index contributed by atoms with van der Waals surface area (Å²) >= 11 is 0. The van der Waals surface area contributed by atoms with Gasteiger partial charge in [0.15, 0.2) is 11.9 Å². The van der Waals surface area contributed by atoms with Crippen LogP contribution in [0.3, 0.4) is 0 Å². The maximum atomic E-state index is 11.4. The summed E-state index contributed by atoms with van der Waals surface area (Å²) in [6.45, 7) is 1.81. The quantitative estimate of drug-likeness (QED) is 0.809. The van der Waals surface area contributed by atoms with Crippen LogP contribution >= 0.6 is 0 Å². The summed E-state index contributed by atoms with van der Waals surface area (Å²) in [6.07, 6.45) is 0.572. The summed E-state index contributed by atoms with van der Waals surface area (Å²) in [5.41, 5.74) is 1.73. The van der Waals surface area contributed by atoms with E-state index in [0.29, 0.717) is 11.5 Å². The molecule has 86 valence electrons. The molecule has 1 aromatic carbocycles. The first-order valence-electron chi connectivity index (χ1n) is 5.55. The number of ether oxygens (including phenoxy) is 1. The van der Waals surface area contributed by atoms with Crippen molar-refractivity contribution in [3.05, 3.63) is 57.8 Å². The molecular formula is C13H12N2O2. The van der Waals surface area contributed by atoms with Gasteiger partial charge >= 0.3 is 0 Å². The number of fused-ring (bicyclic) bond motifs is 1. The molecule has 1 N–H and O–H groups in total. The normalized spacial score (nSPS) is 17.6. The van der Waals surface area contributed by atoms with E-state index in [-0.39, 0.29) is 11.7 Å². The van der Waals surface area contributed by atoms with Gasteiger partial charge in [-0.3, -0.25) is 4.79 Å². The molecule has 0 saturated heterocycles. The second-order valence-corrected chi connectivity index (χ2v) is 4.19. The van der Waals surface area contributed by atoms with Crippen LogP contribution in [0.1, 0.15) is 23.2 Å². The first-order chi connectivity index (χ1) is 8.22. The molecule has 0 fully saturated rings. The number of aromatic amines is 1. The molecule has 17 heavy (non-hydrogen) atoms. The largest absolute Gasteiger partial charge is 0.482 e. The molecule has 3 rings (SSSR count). The zero-order valence-electron chi connectivity index (χ0n) is 9.43. The third-order valence-electron chi connectivity index (χ3n) is 2.84. The number of nitrogens with zero attached hydrogens (tertiary/aromatic N) is 1. The van der Waals surface area contributed by atoms with Gasteiger partial charge in [0, 0.05) is 18.2 Å². The lowest BCUT2D eigenvalue weighted by Gasteiger charge is -2.09. The fraction of sp³-hybridized carbons (Fsp3) is 0.231. The molecule has 1 atom stereocenters. The second kappa shape index (κ2) is 3.73. The van der Waals surface area contributed by atoms with E-state index in [4.69, 9.17) is 4.74 Å². The molecule has 2 aromatic rings. The molecule has 2 heterocycles. The van der Waals surface area contributed by atoms with E-state index >= 15 is 0 Å². The summed E-state index contributed by atoms with van der Waals surface area (Å²) < 4.78 is 5.77. The van der Waals surface area contributed by atoms with E-state index in [0.717, 1.165) is 17.7 Å². The van der Waals surface area contributed by atoms with Gasteiger partial charge in [-0.25, -0.2) is 4.98 Å². The standard InChI is InChI=1S/C13H12N2O2/c1-8-6-12(16)15-13(14-8)11-7-9-4-2-3-5-10(9)17-11/h2-6,11H,7H2,1H3,(H,14,15,16). The van der Waals surface area contributed by atoms with Crippen molar-refractivity contribution in [2.24, 2.45) is 0 Å². The maximum absolute atomic E-state index is 11.4. The summed E-state index contributed by atoms with van der Waals surface area (Å²) in [5, 5.41) is 0. The highest BCUT2D eigenvalue weighted by Gasteiger charge is 2.25. The van der Waals surface area contributed by atoms with Gasteiger partial charge in [0.05, 0.1) is 0 Å². The number of rotatable bonds is 1. The van der Waals surface area contributed by atoms with Crippen LogP contribution in [0.4, 0.5) is 0 Å². The summed E-state index contributed by atoms with van der Waals surface area (Å²) in [7, 11) is 0. The summed E-state index contributed by atoms with van der Waals surface area (Å²) in [6, 6.07) is 9.36. The number of hydrogen-bond acceptors (Lipinski definition) is 3. The number of nitrogens with one attached hydrogen (secondary N) is 1. The van der Waals surface area contributed by atoms with Gasteiger partial charge < -0.3 is 9.72 Å². The van der Waals surface area contributed by atoms with Crippen molar-refractivity contribution in [3.8, 4) is 5.75 Å². The summed E-state index contributed by atoms with van der Waals surface area (Å²) in [5.74, 6) is 1.48. The minimum atomic E-state index is -0.181. The molecule has 4 heteroatoms. The Morgan fingerprint density at radius 2 is 2.24 bits per heavy atom. The fourth-order valence-electron chi connectivity index (χ4n) is 2.09. The van der Waals surface area contributed by atoms with Gasteiger partial charge in [-0.15, -0.1) is 0 Å². The lowest BCUT2D eigenvalue weighted by atomic mass is 10.1. The first-order valence-corrected chi connectivity index (χ1v) is 5.55. The molecule has 0 spiro atoms. The Hall–Kier alpha value is -2.10. The molecule has 1 aliphatic heterocycles. The molecule has 1 unspecified atom stereocenters. The van der Waals surface area contributed by atoms with E-state index in [9.17, 15) is 4.79 Å². The van der Waals surface area contributed by atoms with Crippen LogP contribution < -0.4 is 10.3 Å². The highest BCUT2D eigenvalue weighted by Crippen LogP contribution is 2.34. The van der Waals surface area contributed by atoms with Crippen LogP contribution in [0, 0.1) is 6.92 Å². The van der Waals surface area contributed by atoms with Gasteiger partial charge in [0.2, 0.25) is 0 Å². The molecule has 1 aromatic heterocycles. The number of para-hydroxylation sites is 1. The van der Waals surface area contributed by atoms with Crippen molar-refractivity contribution in [3.63, 3.8) is 0 Å². The van der Waals surface area contributed by atoms with E-state index in [1.807, 2.05) is 24.3 Å². The molecule has 4 nitrogen and oxygen atoms in total. The lowest BCUT2D eigenvalue weighted by Crippen LogP contribution is -2.16. The average molecular weight is 228 g/mol. The van der Waals surface area contributed by atoms with Crippen molar-refractivity contribution in [1.82, 2.24) is 9.97 Å². The monoisotopic (exact) mass is 228 g/mol. The smallest absolute Gasteiger partial charge is 0.251 e. The molecule has 0 bridgehead atoms. The molecule has 0 amide bonds. The Balaban J connectivity index is 1.96. The minimum absolute atomic E-state index is 0.132. The molecule has 0 aliphatic carbocycles. The molecule has 0 radical (unpaired) electrons. The van der Waals surface area contributed by atoms with Crippen molar-refractivity contribution < 1.29 is 4.74 Å². The Labute approximate surface area is 98.3 Å². The third kappa shape index (κ3) is 1.82. The zero-order valence-corrected chi connectivity index (χ0v) is 9.43. The van der Waals surface area contributed by atoms with E-state index in [1.165, 1.54) is 6.07 Å². The predicted molar refractivity (Wildman–Crippen MR) is 63.1 cm³/mol. The second-order valence-electron chi connectivity index (χ2n) is 4.19. The van der Waals surface area contributed by atoms with E-state index in [1.54, 1.807) is 6.92 Å². The van der Waals surface area contributed by atoms with Crippen LogP contribution in [-0.4, -0.2) is 9.97 Å². The number of hydrogen-bond donors (Lipinski definition) is 1. The Morgan fingerprint density at radius 1 is 1.41 bits per heavy atom. The van der Waals surface area contributed by atoms with Crippen molar-refractivity contribution >= 4 is 0 Å².